The molecular formula is C25H24N4O4S. The second-order valence-corrected chi connectivity index (χ2v) is 8.02. The van der Waals surface area contributed by atoms with Crippen LogP contribution in [0.1, 0.15) is 5.82 Å². The minimum Gasteiger partial charge on any atom is -0.497 e. The van der Waals surface area contributed by atoms with Crippen LogP contribution < -0.4 is 19.5 Å². The molecule has 0 radical (unpaired) electrons. The largest absolute Gasteiger partial charge is 0.497 e. The number of para-hydroxylation sites is 3. The molecule has 34 heavy (non-hydrogen) atoms. The van der Waals surface area contributed by atoms with Crippen LogP contribution in [0.25, 0.3) is 5.69 Å². The van der Waals surface area contributed by atoms with Crippen molar-refractivity contribution in [3.8, 4) is 22.9 Å². The molecule has 0 unspecified atom stereocenters. The fourth-order valence-electron chi connectivity index (χ4n) is 3.23. The Morgan fingerprint density at radius 1 is 0.912 bits per heavy atom. The molecule has 1 N–H and O–H groups in total. The van der Waals surface area contributed by atoms with Gasteiger partial charge in [0, 0.05) is 17.4 Å². The van der Waals surface area contributed by atoms with Crippen LogP contribution in [-0.4, -0.2) is 40.6 Å². The van der Waals surface area contributed by atoms with E-state index in [2.05, 4.69) is 15.5 Å². The molecule has 0 aliphatic rings. The Hall–Kier alpha value is -3.98. The van der Waals surface area contributed by atoms with Gasteiger partial charge in [-0.1, -0.05) is 48.2 Å². The SMILES string of the molecule is COc1cccc(NC(=O)CSc2nnc(COc3ccccc3OC)n2-c2ccccc2)c1. The smallest absolute Gasteiger partial charge is 0.234 e. The summed E-state index contributed by atoms with van der Waals surface area (Å²) < 4.78 is 18.4. The normalized spacial score (nSPS) is 10.5. The highest BCUT2D eigenvalue weighted by Crippen LogP contribution is 2.28. The highest BCUT2D eigenvalue weighted by molar-refractivity contribution is 7.99. The summed E-state index contributed by atoms with van der Waals surface area (Å²) in [6, 6.07) is 24.4. The maximum absolute atomic E-state index is 12.6. The summed E-state index contributed by atoms with van der Waals surface area (Å²) in [6.07, 6.45) is 0. The highest BCUT2D eigenvalue weighted by Gasteiger charge is 2.17. The molecular weight excluding hydrogens is 452 g/mol. The van der Waals surface area contributed by atoms with Crippen LogP contribution in [0.15, 0.2) is 84.0 Å². The molecule has 0 spiro atoms. The number of hydrogen-bond acceptors (Lipinski definition) is 7. The van der Waals surface area contributed by atoms with Crippen LogP contribution in [-0.2, 0) is 11.4 Å². The zero-order chi connectivity index (χ0) is 23.8. The van der Waals surface area contributed by atoms with Gasteiger partial charge in [-0.05, 0) is 36.4 Å². The van der Waals surface area contributed by atoms with Gasteiger partial charge in [-0.2, -0.15) is 0 Å². The quantitative estimate of drug-likeness (QED) is 0.335. The van der Waals surface area contributed by atoms with Crippen molar-refractivity contribution in [2.24, 2.45) is 0 Å². The van der Waals surface area contributed by atoms with E-state index in [1.807, 2.05) is 77.4 Å². The Balaban J connectivity index is 1.49. The van der Waals surface area contributed by atoms with E-state index < -0.39 is 0 Å². The fraction of sp³-hybridized carbons (Fsp3) is 0.160. The summed E-state index contributed by atoms with van der Waals surface area (Å²) in [5.41, 5.74) is 1.54. The van der Waals surface area contributed by atoms with Crippen molar-refractivity contribution in [2.45, 2.75) is 11.8 Å². The lowest BCUT2D eigenvalue weighted by molar-refractivity contribution is -0.113. The van der Waals surface area contributed by atoms with E-state index in [4.69, 9.17) is 14.2 Å². The topological polar surface area (TPSA) is 87.5 Å². The van der Waals surface area contributed by atoms with Gasteiger partial charge in [0.25, 0.3) is 0 Å². The summed E-state index contributed by atoms with van der Waals surface area (Å²) in [5.74, 6) is 2.53. The van der Waals surface area contributed by atoms with E-state index >= 15 is 0 Å². The van der Waals surface area contributed by atoms with Gasteiger partial charge >= 0.3 is 0 Å². The molecule has 4 aromatic rings. The molecule has 0 aliphatic carbocycles. The van der Waals surface area contributed by atoms with E-state index in [9.17, 15) is 4.79 Å². The number of thioether (sulfide) groups is 1. The first-order valence-electron chi connectivity index (χ1n) is 10.5. The van der Waals surface area contributed by atoms with Crippen molar-refractivity contribution < 1.29 is 19.0 Å². The molecule has 1 heterocycles. The van der Waals surface area contributed by atoms with Crippen LogP contribution in [0.2, 0.25) is 0 Å². The number of carbonyl (C=O) groups excluding carboxylic acids is 1. The number of methoxy groups -OCH3 is 2. The lowest BCUT2D eigenvalue weighted by atomic mass is 10.3. The summed E-state index contributed by atoms with van der Waals surface area (Å²) >= 11 is 1.30. The van der Waals surface area contributed by atoms with Crippen molar-refractivity contribution in [1.29, 1.82) is 0 Å². The molecule has 1 amide bonds. The summed E-state index contributed by atoms with van der Waals surface area (Å²) in [7, 11) is 3.18. The molecule has 0 saturated carbocycles. The van der Waals surface area contributed by atoms with E-state index in [-0.39, 0.29) is 18.3 Å². The van der Waals surface area contributed by atoms with Crippen molar-refractivity contribution in [2.75, 3.05) is 25.3 Å². The van der Waals surface area contributed by atoms with Gasteiger partial charge < -0.3 is 19.5 Å². The predicted octanol–water partition coefficient (Wildman–Crippen LogP) is 4.59. The lowest BCUT2D eigenvalue weighted by Gasteiger charge is -2.12. The van der Waals surface area contributed by atoms with Crippen LogP contribution in [0.3, 0.4) is 0 Å². The highest BCUT2D eigenvalue weighted by atomic mass is 32.2. The molecule has 4 rings (SSSR count). The molecule has 0 atom stereocenters. The number of amides is 1. The first-order chi connectivity index (χ1) is 16.7. The van der Waals surface area contributed by atoms with Crippen LogP contribution in [0.4, 0.5) is 5.69 Å². The average Bonchev–Trinajstić information content (AvgIpc) is 3.29. The number of hydrogen-bond donors (Lipinski definition) is 1. The van der Waals surface area contributed by atoms with E-state index in [1.165, 1.54) is 11.8 Å². The first kappa shape index (κ1) is 23.2. The lowest BCUT2D eigenvalue weighted by Crippen LogP contribution is -2.14. The minimum atomic E-state index is -0.160. The first-order valence-corrected chi connectivity index (χ1v) is 11.5. The van der Waals surface area contributed by atoms with Gasteiger partial charge in [0.15, 0.2) is 22.5 Å². The third kappa shape index (κ3) is 5.68. The van der Waals surface area contributed by atoms with Gasteiger partial charge in [0.1, 0.15) is 12.4 Å². The Bertz CT molecular complexity index is 1250. The van der Waals surface area contributed by atoms with Crippen LogP contribution in [0, 0.1) is 0 Å². The Kier molecular flexibility index (Phi) is 7.67. The van der Waals surface area contributed by atoms with Crippen LogP contribution >= 0.6 is 11.8 Å². The van der Waals surface area contributed by atoms with Gasteiger partial charge in [-0.3, -0.25) is 9.36 Å². The van der Waals surface area contributed by atoms with Gasteiger partial charge in [0.2, 0.25) is 5.91 Å². The fourth-order valence-corrected chi connectivity index (χ4v) is 4.00. The maximum atomic E-state index is 12.6. The average molecular weight is 477 g/mol. The second-order valence-electron chi connectivity index (χ2n) is 7.08. The molecule has 0 bridgehead atoms. The summed E-state index contributed by atoms with van der Waals surface area (Å²) in [4.78, 5) is 12.6. The molecule has 8 nitrogen and oxygen atoms in total. The number of aromatic nitrogens is 3. The van der Waals surface area contributed by atoms with Crippen molar-refractivity contribution in [1.82, 2.24) is 14.8 Å². The van der Waals surface area contributed by atoms with Crippen molar-refractivity contribution >= 4 is 23.4 Å². The third-order valence-electron chi connectivity index (χ3n) is 4.83. The standard InChI is InChI=1S/C25H24N4O4S/c1-31-20-12-8-9-18(15-20)26-24(30)17-34-25-28-27-23(29(25)19-10-4-3-5-11-19)16-33-22-14-7-6-13-21(22)32-2/h3-15H,16-17H2,1-2H3,(H,26,30). The van der Waals surface area contributed by atoms with Gasteiger partial charge in [-0.25, -0.2) is 0 Å². The Morgan fingerprint density at radius 3 is 2.44 bits per heavy atom. The number of benzene rings is 3. The number of nitrogens with zero attached hydrogens (tertiary/aromatic N) is 3. The molecule has 1 aromatic heterocycles. The van der Waals surface area contributed by atoms with Gasteiger partial charge in [0.05, 0.1) is 20.0 Å². The second kappa shape index (κ2) is 11.2. The molecule has 0 saturated heterocycles. The number of rotatable bonds is 10. The van der Waals surface area contributed by atoms with Crippen molar-refractivity contribution in [3.63, 3.8) is 0 Å². The van der Waals surface area contributed by atoms with Crippen LogP contribution in [0.5, 0.6) is 17.2 Å². The monoisotopic (exact) mass is 476 g/mol. The van der Waals surface area contributed by atoms with E-state index in [0.717, 1.165) is 5.69 Å². The molecule has 3 aromatic carbocycles. The third-order valence-corrected chi connectivity index (χ3v) is 5.76. The molecule has 0 aliphatic heterocycles. The number of nitrogens with one attached hydrogen (secondary N) is 1. The number of anilines is 1. The minimum absolute atomic E-state index is 0.160. The number of ether oxygens (including phenoxy) is 3. The van der Waals surface area contributed by atoms with Gasteiger partial charge in [-0.15, -0.1) is 10.2 Å². The van der Waals surface area contributed by atoms with Crippen molar-refractivity contribution in [3.05, 3.63) is 84.7 Å². The van der Waals surface area contributed by atoms with E-state index in [1.54, 1.807) is 20.3 Å². The molecule has 9 heteroatoms. The van der Waals surface area contributed by atoms with E-state index in [0.29, 0.717) is 33.9 Å². The zero-order valence-electron chi connectivity index (χ0n) is 18.8. The Labute approximate surface area is 201 Å². The Morgan fingerprint density at radius 2 is 1.68 bits per heavy atom. The molecule has 0 fully saturated rings. The maximum Gasteiger partial charge on any atom is 0.234 e. The molecule has 174 valence electrons. The number of carbonyl (C=O) groups is 1. The summed E-state index contributed by atoms with van der Waals surface area (Å²) in [6.45, 7) is 0.179. The summed E-state index contributed by atoms with van der Waals surface area (Å²) in [5, 5.41) is 12.1. The zero-order valence-corrected chi connectivity index (χ0v) is 19.6. The predicted molar refractivity (Wildman–Crippen MR) is 131 cm³/mol.